The number of carbonyl (C=O) groups excluding carboxylic acids is 2. The molecule has 2 amide bonds. The van der Waals surface area contributed by atoms with Crippen LogP contribution >= 0.6 is 0 Å². The number of hydrogen-bond acceptors (Lipinski definition) is 4. The van der Waals surface area contributed by atoms with Gasteiger partial charge in [-0.15, -0.1) is 0 Å². The Bertz CT molecular complexity index is 1160. The lowest BCUT2D eigenvalue weighted by Crippen LogP contribution is -2.46. The van der Waals surface area contributed by atoms with Gasteiger partial charge in [0.2, 0.25) is 11.5 Å². The van der Waals surface area contributed by atoms with E-state index in [9.17, 15) is 19.5 Å². The number of hydrogen-bond donors (Lipinski definition) is 3. The van der Waals surface area contributed by atoms with Crippen molar-refractivity contribution in [2.45, 2.75) is 72.0 Å². The van der Waals surface area contributed by atoms with Crippen molar-refractivity contribution in [2.24, 2.45) is 11.8 Å². The first-order chi connectivity index (χ1) is 15.7. The minimum atomic E-state index is -0.619. The minimum Gasteiger partial charge on any atom is -0.477 e. The standard InChI is InChI=1S/C24H33N5O4/c1-14(2)13-28-22-16(7-10-19(30)27-11-5-6-18(27)15(3)4)12-25-29(22)24(33)20(23(28)32)21(31)26-17-8-9-17/h7,10,12,14-15,17-18H,5-6,8-9,11,13H2,1-4H3,(H2,26,31,32,33)/p+1/b10-7+/t18-/m0/s1. The van der Waals surface area contributed by atoms with Crippen LogP contribution in [0.3, 0.4) is 0 Å². The van der Waals surface area contributed by atoms with Gasteiger partial charge in [0.05, 0.1) is 18.3 Å². The Kier molecular flexibility index (Phi) is 6.32. The first kappa shape index (κ1) is 23.1. The van der Waals surface area contributed by atoms with Crippen LogP contribution in [0.5, 0.6) is 5.88 Å². The molecule has 0 aromatic carbocycles. The molecule has 1 atom stereocenters. The van der Waals surface area contributed by atoms with Gasteiger partial charge in [0.25, 0.3) is 5.91 Å². The van der Waals surface area contributed by atoms with Crippen molar-refractivity contribution in [2.75, 3.05) is 6.54 Å². The lowest BCUT2D eigenvalue weighted by atomic mass is 10.0. The molecule has 33 heavy (non-hydrogen) atoms. The topological polar surface area (TPSA) is 111 Å². The Labute approximate surface area is 193 Å². The highest BCUT2D eigenvalue weighted by Gasteiger charge is 2.34. The molecule has 0 spiro atoms. The summed E-state index contributed by atoms with van der Waals surface area (Å²) in [5.41, 5.74) is 0.113. The molecule has 0 bridgehead atoms. The number of H-pyrrole nitrogens is 1. The third kappa shape index (κ3) is 4.54. The summed E-state index contributed by atoms with van der Waals surface area (Å²) in [5.74, 6) is -0.449. The first-order valence-electron chi connectivity index (χ1n) is 11.9. The monoisotopic (exact) mass is 456 g/mol. The highest BCUT2D eigenvalue weighted by Crippen LogP contribution is 2.24. The zero-order chi connectivity index (χ0) is 23.9. The molecule has 1 saturated carbocycles. The van der Waals surface area contributed by atoms with E-state index in [0.717, 1.165) is 32.2 Å². The zero-order valence-corrected chi connectivity index (χ0v) is 19.8. The Morgan fingerprint density at radius 2 is 2.00 bits per heavy atom. The van der Waals surface area contributed by atoms with Crippen LogP contribution in [0.4, 0.5) is 0 Å². The minimum absolute atomic E-state index is 0.0592. The predicted molar refractivity (Wildman–Crippen MR) is 124 cm³/mol. The Morgan fingerprint density at radius 3 is 2.64 bits per heavy atom. The van der Waals surface area contributed by atoms with Crippen LogP contribution in [0.1, 0.15) is 69.3 Å². The number of aromatic amines is 1. The smallest absolute Gasteiger partial charge is 0.378 e. The van der Waals surface area contributed by atoms with Crippen molar-refractivity contribution >= 4 is 23.5 Å². The third-order valence-electron chi connectivity index (χ3n) is 6.42. The van der Waals surface area contributed by atoms with Crippen LogP contribution in [-0.2, 0) is 11.3 Å². The van der Waals surface area contributed by atoms with Crippen LogP contribution in [0.2, 0.25) is 0 Å². The summed E-state index contributed by atoms with van der Waals surface area (Å²) in [5, 5.41) is 16.7. The van der Waals surface area contributed by atoms with Gasteiger partial charge in [0.15, 0.2) is 0 Å². The van der Waals surface area contributed by atoms with Crippen molar-refractivity contribution in [3.63, 3.8) is 0 Å². The van der Waals surface area contributed by atoms with Gasteiger partial charge in [-0.1, -0.05) is 32.2 Å². The van der Waals surface area contributed by atoms with Crippen LogP contribution in [0.15, 0.2) is 17.1 Å². The average molecular weight is 457 g/mol. The molecule has 2 aromatic heterocycles. The fourth-order valence-corrected chi connectivity index (χ4v) is 4.62. The van der Waals surface area contributed by atoms with Crippen LogP contribution in [-0.4, -0.2) is 50.1 Å². The molecule has 0 unspecified atom stereocenters. The average Bonchev–Trinajstić information content (AvgIpc) is 3.25. The molecule has 2 aromatic rings. The number of nitrogens with zero attached hydrogens (tertiary/aromatic N) is 3. The molecule has 178 valence electrons. The molecular formula is C24H34N5O4+. The number of likely N-dealkylation sites (tertiary alicyclic amines) is 1. The number of fused-ring (bicyclic) bond motifs is 1. The second-order valence-electron chi connectivity index (χ2n) is 9.96. The number of nitrogens with one attached hydrogen (secondary N) is 2. The molecule has 9 heteroatoms. The van der Waals surface area contributed by atoms with Crippen LogP contribution in [0.25, 0.3) is 11.7 Å². The quantitative estimate of drug-likeness (QED) is 0.436. The van der Waals surface area contributed by atoms with E-state index in [4.69, 9.17) is 0 Å². The molecule has 4 rings (SSSR count). The number of rotatable bonds is 7. The van der Waals surface area contributed by atoms with Gasteiger partial charge in [-0.25, -0.2) is 9.89 Å². The van der Waals surface area contributed by atoms with E-state index in [1.807, 2.05) is 18.7 Å². The lowest BCUT2D eigenvalue weighted by Gasteiger charge is -2.26. The number of aromatic hydroxyl groups is 1. The molecule has 2 fully saturated rings. The van der Waals surface area contributed by atoms with E-state index in [1.54, 1.807) is 16.8 Å². The fraction of sp³-hybridized carbons (Fsp3) is 0.583. The summed E-state index contributed by atoms with van der Waals surface area (Å²) in [6.45, 7) is 9.37. The highest BCUT2D eigenvalue weighted by molar-refractivity contribution is 5.96. The van der Waals surface area contributed by atoms with E-state index < -0.39 is 11.5 Å². The molecule has 2 aliphatic rings. The van der Waals surface area contributed by atoms with Crippen LogP contribution in [0, 0.1) is 11.8 Å². The van der Waals surface area contributed by atoms with Crippen molar-refractivity contribution in [3.05, 3.63) is 33.8 Å². The summed E-state index contributed by atoms with van der Waals surface area (Å²) >= 11 is 0. The van der Waals surface area contributed by atoms with Gasteiger partial charge in [-0.3, -0.25) is 9.59 Å². The largest absolute Gasteiger partial charge is 0.477 e. The molecule has 9 nitrogen and oxygen atoms in total. The maximum atomic E-state index is 13.1. The normalized spacial score (nSPS) is 18.8. The molecule has 3 heterocycles. The van der Waals surface area contributed by atoms with E-state index in [-0.39, 0.29) is 35.4 Å². The summed E-state index contributed by atoms with van der Waals surface area (Å²) < 4.78 is 2.84. The van der Waals surface area contributed by atoms with Gasteiger partial charge in [0, 0.05) is 24.7 Å². The summed E-state index contributed by atoms with van der Waals surface area (Å²) in [6.07, 6.45) is 8.57. The molecular weight excluding hydrogens is 422 g/mol. The number of aromatic nitrogens is 3. The molecule has 1 saturated heterocycles. The van der Waals surface area contributed by atoms with Crippen LogP contribution < -0.4 is 15.4 Å². The molecule has 3 N–H and O–H groups in total. The zero-order valence-electron chi connectivity index (χ0n) is 19.8. The van der Waals surface area contributed by atoms with E-state index in [0.29, 0.717) is 23.7 Å². The maximum Gasteiger partial charge on any atom is 0.378 e. The third-order valence-corrected chi connectivity index (χ3v) is 6.42. The lowest BCUT2D eigenvalue weighted by molar-refractivity contribution is -0.686. The van der Waals surface area contributed by atoms with Gasteiger partial charge in [-0.2, -0.15) is 4.57 Å². The first-order valence-corrected chi connectivity index (χ1v) is 11.9. The van der Waals surface area contributed by atoms with Gasteiger partial charge in [-0.05, 0) is 43.6 Å². The maximum absolute atomic E-state index is 13.1. The van der Waals surface area contributed by atoms with E-state index >= 15 is 0 Å². The fourth-order valence-electron chi connectivity index (χ4n) is 4.62. The molecule has 1 aliphatic heterocycles. The molecule has 1 aliphatic carbocycles. The number of carbonyl (C=O) groups is 2. The van der Waals surface area contributed by atoms with Crippen molar-refractivity contribution < 1.29 is 19.3 Å². The second-order valence-corrected chi connectivity index (χ2v) is 9.96. The second kappa shape index (κ2) is 9.03. The highest BCUT2D eigenvalue weighted by atomic mass is 16.3. The summed E-state index contributed by atoms with van der Waals surface area (Å²) in [4.78, 5) is 40.6. The summed E-state index contributed by atoms with van der Waals surface area (Å²) in [6, 6.07) is 0.291. The summed E-state index contributed by atoms with van der Waals surface area (Å²) in [7, 11) is 0. The van der Waals surface area contributed by atoms with E-state index in [1.165, 1.54) is 10.6 Å². The van der Waals surface area contributed by atoms with Crippen molar-refractivity contribution in [1.82, 2.24) is 19.8 Å². The predicted octanol–water partition coefficient (Wildman–Crippen LogP) is 1.83. The molecule has 0 radical (unpaired) electrons. The Balaban J connectivity index is 1.74. The Morgan fingerprint density at radius 1 is 1.27 bits per heavy atom. The van der Waals surface area contributed by atoms with Crippen molar-refractivity contribution in [1.29, 1.82) is 0 Å². The van der Waals surface area contributed by atoms with Gasteiger partial charge >= 0.3 is 17.1 Å². The SMILES string of the molecule is CC(C)C[n+]1c(O)c(C(=O)NC2CC2)c(=O)n2[nH]cc(/C=C/C(=O)N3CCC[C@H]3C(C)C)c21. The van der Waals surface area contributed by atoms with E-state index in [2.05, 4.69) is 24.3 Å². The van der Waals surface area contributed by atoms with Gasteiger partial charge < -0.3 is 15.3 Å². The number of amides is 2. The van der Waals surface area contributed by atoms with Crippen molar-refractivity contribution in [3.8, 4) is 5.88 Å². The van der Waals surface area contributed by atoms with Gasteiger partial charge in [0.1, 0.15) is 0 Å². The Hall–Kier alpha value is -3.10.